The minimum Gasteiger partial charge on any atom is -0.313 e. The highest BCUT2D eigenvalue weighted by Crippen LogP contribution is 2.35. The van der Waals surface area contributed by atoms with Crippen LogP contribution in [0.5, 0.6) is 0 Å². The molecular formula is C12H12F7N. The standard InChI is InChI=1S/C12H12F7N/c1-20-9(5-6-11(14,15)16)7-3-2-4-8(10(7)13)12(17,18)19/h2-4,9,20H,5-6H2,1H3. The third-order valence-corrected chi connectivity index (χ3v) is 2.77. The van der Waals surface area contributed by atoms with Gasteiger partial charge in [-0.05, 0) is 19.5 Å². The van der Waals surface area contributed by atoms with E-state index < -0.39 is 48.2 Å². The zero-order valence-electron chi connectivity index (χ0n) is 10.4. The Kier molecular flexibility index (Phi) is 5.01. The summed E-state index contributed by atoms with van der Waals surface area (Å²) >= 11 is 0. The van der Waals surface area contributed by atoms with Crippen LogP contribution in [0, 0.1) is 5.82 Å². The molecule has 0 aliphatic carbocycles. The van der Waals surface area contributed by atoms with E-state index in [2.05, 4.69) is 5.32 Å². The molecule has 0 bridgehead atoms. The number of hydrogen-bond acceptors (Lipinski definition) is 1. The molecule has 1 nitrogen and oxygen atoms in total. The Morgan fingerprint density at radius 2 is 1.70 bits per heavy atom. The summed E-state index contributed by atoms with van der Waals surface area (Å²) in [5, 5.41) is 2.40. The third-order valence-electron chi connectivity index (χ3n) is 2.77. The average Bonchev–Trinajstić information content (AvgIpc) is 2.28. The van der Waals surface area contributed by atoms with Crippen LogP contribution in [0.25, 0.3) is 0 Å². The first-order valence-corrected chi connectivity index (χ1v) is 5.66. The highest BCUT2D eigenvalue weighted by molar-refractivity contribution is 5.30. The molecule has 114 valence electrons. The first-order valence-electron chi connectivity index (χ1n) is 5.66. The number of alkyl halides is 6. The van der Waals surface area contributed by atoms with Crippen molar-refractivity contribution in [2.75, 3.05) is 7.05 Å². The van der Waals surface area contributed by atoms with Crippen molar-refractivity contribution in [3.05, 3.63) is 35.1 Å². The second-order valence-corrected chi connectivity index (χ2v) is 4.20. The van der Waals surface area contributed by atoms with Gasteiger partial charge in [0.15, 0.2) is 0 Å². The minimum absolute atomic E-state index is 0.424. The highest BCUT2D eigenvalue weighted by atomic mass is 19.4. The Morgan fingerprint density at radius 3 is 2.15 bits per heavy atom. The Bertz CT molecular complexity index is 450. The number of hydrogen-bond donors (Lipinski definition) is 1. The van der Waals surface area contributed by atoms with E-state index in [0.29, 0.717) is 6.07 Å². The van der Waals surface area contributed by atoms with Gasteiger partial charge in [0.1, 0.15) is 5.82 Å². The quantitative estimate of drug-likeness (QED) is 0.810. The summed E-state index contributed by atoms with van der Waals surface area (Å²) in [4.78, 5) is 0. The molecule has 0 saturated carbocycles. The molecule has 1 rings (SSSR count). The molecule has 0 aromatic heterocycles. The van der Waals surface area contributed by atoms with Crippen molar-refractivity contribution in [1.29, 1.82) is 0 Å². The lowest BCUT2D eigenvalue weighted by Crippen LogP contribution is -2.22. The third kappa shape index (κ3) is 4.36. The van der Waals surface area contributed by atoms with Crippen LogP contribution in [0.15, 0.2) is 18.2 Å². The summed E-state index contributed by atoms with van der Waals surface area (Å²) in [5.41, 5.74) is -1.91. The predicted octanol–water partition coefficient (Wildman–Crippen LogP) is 4.45. The van der Waals surface area contributed by atoms with Gasteiger partial charge in [-0.2, -0.15) is 26.3 Å². The largest absolute Gasteiger partial charge is 0.419 e. The summed E-state index contributed by atoms with van der Waals surface area (Å²) < 4.78 is 87.8. The van der Waals surface area contributed by atoms with Crippen molar-refractivity contribution in [3.8, 4) is 0 Å². The van der Waals surface area contributed by atoms with Gasteiger partial charge in [0, 0.05) is 18.0 Å². The van der Waals surface area contributed by atoms with E-state index in [0.717, 1.165) is 12.1 Å². The molecule has 0 aliphatic heterocycles. The van der Waals surface area contributed by atoms with Gasteiger partial charge in [0.25, 0.3) is 0 Å². The first kappa shape index (κ1) is 16.7. The first-order chi connectivity index (χ1) is 9.06. The van der Waals surface area contributed by atoms with E-state index >= 15 is 0 Å². The molecule has 0 saturated heterocycles. The van der Waals surface area contributed by atoms with E-state index in [9.17, 15) is 30.7 Å². The van der Waals surface area contributed by atoms with Crippen LogP contribution in [0.3, 0.4) is 0 Å². The van der Waals surface area contributed by atoms with Crippen molar-refractivity contribution >= 4 is 0 Å². The molecule has 0 heterocycles. The molecule has 1 unspecified atom stereocenters. The number of benzene rings is 1. The Labute approximate surface area is 110 Å². The van der Waals surface area contributed by atoms with Crippen molar-refractivity contribution in [2.24, 2.45) is 0 Å². The topological polar surface area (TPSA) is 12.0 Å². The minimum atomic E-state index is -4.89. The smallest absolute Gasteiger partial charge is 0.313 e. The normalized spacial score (nSPS) is 14.4. The van der Waals surface area contributed by atoms with Crippen LogP contribution in [0.2, 0.25) is 0 Å². The molecule has 0 spiro atoms. The van der Waals surface area contributed by atoms with Gasteiger partial charge >= 0.3 is 12.4 Å². The SMILES string of the molecule is CNC(CCC(F)(F)F)c1cccc(C(F)(F)F)c1F. The number of rotatable bonds is 4. The van der Waals surface area contributed by atoms with Crippen LogP contribution in [-0.4, -0.2) is 13.2 Å². The molecule has 1 N–H and O–H groups in total. The molecule has 0 fully saturated rings. The zero-order valence-corrected chi connectivity index (χ0v) is 10.4. The van der Waals surface area contributed by atoms with Crippen LogP contribution in [0.1, 0.15) is 30.0 Å². The molecule has 1 atom stereocenters. The van der Waals surface area contributed by atoms with Crippen LogP contribution in [0.4, 0.5) is 30.7 Å². The summed E-state index contributed by atoms with van der Waals surface area (Å²) in [5.74, 6) is -1.54. The summed E-state index contributed by atoms with van der Waals surface area (Å²) in [6.07, 6.45) is -11.1. The van der Waals surface area contributed by atoms with Crippen molar-refractivity contribution in [2.45, 2.75) is 31.2 Å². The second-order valence-electron chi connectivity index (χ2n) is 4.20. The maximum Gasteiger partial charge on any atom is 0.419 e. The summed E-state index contributed by atoms with van der Waals surface area (Å²) in [6.45, 7) is 0. The van der Waals surface area contributed by atoms with E-state index in [-0.39, 0.29) is 0 Å². The molecule has 8 heteroatoms. The van der Waals surface area contributed by atoms with Crippen molar-refractivity contribution < 1.29 is 30.7 Å². The molecular weight excluding hydrogens is 291 g/mol. The fraction of sp³-hybridized carbons (Fsp3) is 0.500. The van der Waals surface area contributed by atoms with Crippen LogP contribution in [-0.2, 0) is 6.18 Å². The molecule has 0 aliphatic rings. The van der Waals surface area contributed by atoms with Gasteiger partial charge in [-0.25, -0.2) is 4.39 Å². The van der Waals surface area contributed by atoms with Gasteiger partial charge in [0.2, 0.25) is 0 Å². The highest BCUT2D eigenvalue weighted by Gasteiger charge is 2.36. The fourth-order valence-electron chi connectivity index (χ4n) is 1.80. The molecule has 1 aromatic rings. The van der Waals surface area contributed by atoms with Gasteiger partial charge in [-0.1, -0.05) is 12.1 Å². The number of halogens is 7. The van der Waals surface area contributed by atoms with E-state index in [1.807, 2.05) is 0 Å². The summed E-state index contributed by atoms with van der Waals surface area (Å²) in [6, 6.07) is 1.43. The van der Waals surface area contributed by atoms with Crippen molar-refractivity contribution in [1.82, 2.24) is 5.32 Å². The molecule has 1 aromatic carbocycles. The Hall–Kier alpha value is -1.31. The van der Waals surface area contributed by atoms with Crippen LogP contribution >= 0.6 is 0 Å². The lowest BCUT2D eigenvalue weighted by Gasteiger charge is -2.20. The Morgan fingerprint density at radius 1 is 1.10 bits per heavy atom. The van der Waals surface area contributed by atoms with Crippen molar-refractivity contribution in [3.63, 3.8) is 0 Å². The lowest BCUT2D eigenvalue weighted by atomic mass is 9.98. The van der Waals surface area contributed by atoms with Gasteiger partial charge in [0.05, 0.1) is 5.56 Å². The number of nitrogens with one attached hydrogen (secondary N) is 1. The Balaban J connectivity index is 3.05. The maximum atomic E-state index is 13.8. The predicted molar refractivity (Wildman–Crippen MR) is 58.5 cm³/mol. The molecule has 20 heavy (non-hydrogen) atoms. The molecule has 0 amide bonds. The molecule has 0 radical (unpaired) electrons. The fourth-order valence-corrected chi connectivity index (χ4v) is 1.80. The van der Waals surface area contributed by atoms with Gasteiger partial charge in [-0.15, -0.1) is 0 Å². The van der Waals surface area contributed by atoms with Gasteiger partial charge < -0.3 is 5.32 Å². The average molecular weight is 303 g/mol. The van der Waals surface area contributed by atoms with E-state index in [4.69, 9.17) is 0 Å². The maximum absolute atomic E-state index is 13.8. The van der Waals surface area contributed by atoms with Gasteiger partial charge in [-0.3, -0.25) is 0 Å². The van der Waals surface area contributed by atoms with E-state index in [1.165, 1.54) is 7.05 Å². The monoisotopic (exact) mass is 303 g/mol. The van der Waals surface area contributed by atoms with Crippen LogP contribution < -0.4 is 5.32 Å². The lowest BCUT2D eigenvalue weighted by molar-refractivity contribution is -0.140. The summed E-state index contributed by atoms with van der Waals surface area (Å²) in [7, 11) is 1.26. The second kappa shape index (κ2) is 5.99. The van der Waals surface area contributed by atoms with E-state index in [1.54, 1.807) is 0 Å². The zero-order chi connectivity index (χ0) is 15.6.